The van der Waals surface area contributed by atoms with E-state index in [-0.39, 0.29) is 0 Å². The fourth-order valence-electron chi connectivity index (χ4n) is 2.87. The van der Waals surface area contributed by atoms with Crippen LogP contribution in [0.5, 0.6) is 0 Å². The summed E-state index contributed by atoms with van der Waals surface area (Å²) >= 11 is 0. The molecule has 1 aliphatic carbocycles. The van der Waals surface area contributed by atoms with E-state index in [0.29, 0.717) is 12.2 Å². The number of aromatic nitrogens is 4. The lowest BCUT2D eigenvalue weighted by Crippen LogP contribution is -2.31. The molecule has 0 radical (unpaired) electrons. The number of nitrogens with zero attached hydrogens (tertiary/aromatic N) is 5. The van der Waals surface area contributed by atoms with Gasteiger partial charge in [-0.3, -0.25) is 4.98 Å². The molecule has 0 atom stereocenters. The lowest BCUT2D eigenvalue weighted by atomic mass is 10.1. The van der Waals surface area contributed by atoms with Crippen molar-refractivity contribution in [2.45, 2.75) is 73.8 Å². The summed E-state index contributed by atoms with van der Waals surface area (Å²) in [4.78, 5) is 6.32. The SMILES string of the molecule is CC.CC.CCc1nc(/C(N)=C(\Cn2ncc(CC3CC3)n2)N(C)N)ccc1C. The zero-order chi connectivity index (χ0) is 22.0. The summed E-state index contributed by atoms with van der Waals surface area (Å²) < 4.78 is 0. The molecule has 0 spiro atoms. The molecule has 0 aromatic carbocycles. The van der Waals surface area contributed by atoms with E-state index in [9.17, 15) is 0 Å². The van der Waals surface area contributed by atoms with Gasteiger partial charge >= 0.3 is 0 Å². The molecule has 2 heterocycles. The van der Waals surface area contributed by atoms with Gasteiger partial charge in [0.25, 0.3) is 0 Å². The maximum atomic E-state index is 6.39. The second-order valence-electron chi connectivity index (χ2n) is 6.80. The third kappa shape index (κ3) is 7.16. The van der Waals surface area contributed by atoms with Crippen LogP contribution in [0.3, 0.4) is 0 Å². The van der Waals surface area contributed by atoms with Crippen molar-refractivity contribution >= 4 is 5.70 Å². The molecule has 2 aromatic heterocycles. The number of hydrogen-bond donors (Lipinski definition) is 2. The van der Waals surface area contributed by atoms with Crippen molar-refractivity contribution in [3.8, 4) is 0 Å². The lowest BCUT2D eigenvalue weighted by molar-refractivity contribution is 0.391. The summed E-state index contributed by atoms with van der Waals surface area (Å²) in [7, 11) is 1.77. The molecule has 7 heteroatoms. The normalized spacial score (nSPS) is 13.5. The van der Waals surface area contributed by atoms with Crippen LogP contribution in [0.2, 0.25) is 0 Å². The first-order chi connectivity index (χ1) is 14.0. The van der Waals surface area contributed by atoms with Gasteiger partial charge in [-0.05, 0) is 50.2 Å². The number of allylic oxidation sites excluding steroid dienone is 1. The average Bonchev–Trinajstić information content (AvgIpc) is 3.45. The highest BCUT2D eigenvalue weighted by Gasteiger charge is 2.23. The predicted molar refractivity (Wildman–Crippen MR) is 121 cm³/mol. The van der Waals surface area contributed by atoms with Crippen LogP contribution in [0.4, 0.5) is 0 Å². The van der Waals surface area contributed by atoms with Crippen LogP contribution in [-0.4, -0.2) is 32.0 Å². The Morgan fingerprint density at radius 2 is 1.86 bits per heavy atom. The highest BCUT2D eigenvalue weighted by Crippen LogP contribution is 2.31. The van der Waals surface area contributed by atoms with E-state index in [1.807, 2.05) is 46.0 Å². The lowest BCUT2D eigenvalue weighted by Gasteiger charge is -2.19. The van der Waals surface area contributed by atoms with Gasteiger partial charge in [0.2, 0.25) is 0 Å². The largest absolute Gasteiger partial charge is 0.395 e. The van der Waals surface area contributed by atoms with Crippen LogP contribution in [0, 0.1) is 12.8 Å². The molecule has 7 nitrogen and oxygen atoms in total. The van der Waals surface area contributed by atoms with Gasteiger partial charge < -0.3 is 10.7 Å². The molecule has 0 saturated heterocycles. The zero-order valence-corrected chi connectivity index (χ0v) is 19.2. The topological polar surface area (TPSA) is 98.9 Å². The highest BCUT2D eigenvalue weighted by molar-refractivity contribution is 5.62. The summed E-state index contributed by atoms with van der Waals surface area (Å²) in [5, 5.41) is 10.4. The Balaban J connectivity index is 0.000000989. The Morgan fingerprint density at radius 1 is 1.21 bits per heavy atom. The van der Waals surface area contributed by atoms with Crippen LogP contribution in [0.15, 0.2) is 24.0 Å². The van der Waals surface area contributed by atoms with Crippen LogP contribution in [-0.2, 0) is 19.4 Å². The quantitative estimate of drug-likeness (QED) is 0.542. The van der Waals surface area contributed by atoms with Gasteiger partial charge in [-0.25, -0.2) is 5.84 Å². The van der Waals surface area contributed by atoms with E-state index in [1.54, 1.807) is 11.8 Å². The third-order valence-electron chi connectivity index (χ3n) is 4.62. The van der Waals surface area contributed by atoms with Gasteiger partial charge in [0.1, 0.15) is 6.54 Å². The van der Waals surface area contributed by atoms with Crippen molar-refractivity contribution in [2.24, 2.45) is 17.5 Å². The van der Waals surface area contributed by atoms with Crippen molar-refractivity contribution < 1.29 is 0 Å². The van der Waals surface area contributed by atoms with Gasteiger partial charge in [0.15, 0.2) is 0 Å². The summed E-state index contributed by atoms with van der Waals surface area (Å²) in [5.74, 6) is 6.80. The smallest absolute Gasteiger partial charge is 0.104 e. The minimum Gasteiger partial charge on any atom is -0.395 e. The van der Waals surface area contributed by atoms with Crippen LogP contribution >= 0.6 is 0 Å². The number of hydrazine groups is 1. The Hall–Kier alpha value is -2.41. The van der Waals surface area contributed by atoms with Gasteiger partial charge in [-0.2, -0.15) is 15.0 Å². The maximum absolute atomic E-state index is 6.39. The van der Waals surface area contributed by atoms with Crippen LogP contribution in [0.1, 0.15) is 70.1 Å². The number of aryl methyl sites for hydroxylation is 2. The second-order valence-corrected chi connectivity index (χ2v) is 6.80. The van der Waals surface area contributed by atoms with Crippen molar-refractivity contribution in [3.63, 3.8) is 0 Å². The summed E-state index contributed by atoms with van der Waals surface area (Å²) in [6.07, 6.45) is 6.31. The fraction of sp³-hybridized carbons (Fsp3) is 0.591. The maximum Gasteiger partial charge on any atom is 0.104 e. The Bertz CT molecular complexity index is 773. The molecule has 162 valence electrons. The van der Waals surface area contributed by atoms with Crippen LogP contribution in [0.25, 0.3) is 5.70 Å². The fourth-order valence-corrected chi connectivity index (χ4v) is 2.87. The van der Waals surface area contributed by atoms with Crippen molar-refractivity contribution in [3.05, 3.63) is 46.7 Å². The number of likely N-dealkylation sites (N-methyl/N-ethyl adjacent to an activating group) is 1. The van der Waals surface area contributed by atoms with E-state index in [0.717, 1.165) is 41.5 Å². The van der Waals surface area contributed by atoms with Crippen molar-refractivity contribution in [1.82, 2.24) is 25.0 Å². The summed E-state index contributed by atoms with van der Waals surface area (Å²) in [5.41, 5.74) is 11.7. The summed E-state index contributed by atoms with van der Waals surface area (Å²) in [6.45, 7) is 12.6. The molecular weight excluding hydrogens is 362 g/mol. The molecule has 1 saturated carbocycles. The van der Waals surface area contributed by atoms with Gasteiger partial charge in [-0.1, -0.05) is 40.7 Å². The minimum absolute atomic E-state index is 0.417. The Morgan fingerprint density at radius 3 is 2.41 bits per heavy atom. The zero-order valence-electron chi connectivity index (χ0n) is 19.2. The predicted octanol–water partition coefficient (Wildman–Crippen LogP) is 3.68. The monoisotopic (exact) mass is 401 g/mol. The number of pyridine rings is 1. The molecule has 2 aromatic rings. The Kier molecular flexibility index (Phi) is 10.4. The molecule has 1 aliphatic rings. The van der Waals surface area contributed by atoms with Crippen molar-refractivity contribution in [2.75, 3.05) is 7.05 Å². The molecule has 4 N–H and O–H groups in total. The minimum atomic E-state index is 0.417. The molecular formula is C22H39N7. The molecule has 29 heavy (non-hydrogen) atoms. The van der Waals surface area contributed by atoms with Crippen molar-refractivity contribution in [1.29, 1.82) is 0 Å². The van der Waals surface area contributed by atoms with Gasteiger partial charge in [0, 0.05) is 12.7 Å². The van der Waals surface area contributed by atoms with E-state index in [1.165, 1.54) is 23.4 Å². The van der Waals surface area contributed by atoms with E-state index < -0.39 is 0 Å². The molecule has 0 bridgehead atoms. The van der Waals surface area contributed by atoms with Crippen LogP contribution < -0.4 is 11.6 Å². The molecule has 3 rings (SSSR count). The molecule has 0 amide bonds. The molecule has 0 aliphatic heterocycles. The highest BCUT2D eigenvalue weighted by atomic mass is 15.5. The Labute approximate surface area is 176 Å². The van der Waals surface area contributed by atoms with E-state index >= 15 is 0 Å². The van der Waals surface area contributed by atoms with Gasteiger partial charge in [0.05, 0.1) is 29.0 Å². The first-order valence-corrected chi connectivity index (χ1v) is 10.8. The first-order valence-electron chi connectivity index (χ1n) is 10.8. The molecule has 0 unspecified atom stereocenters. The number of hydrogen-bond acceptors (Lipinski definition) is 6. The first kappa shape index (κ1) is 24.6. The third-order valence-corrected chi connectivity index (χ3v) is 4.62. The summed E-state index contributed by atoms with van der Waals surface area (Å²) in [6, 6.07) is 3.98. The van der Waals surface area contributed by atoms with Gasteiger partial charge in [-0.15, -0.1) is 0 Å². The number of rotatable bonds is 7. The molecule has 1 fully saturated rings. The standard InChI is InChI=1S/C18H27N7.2C2H6/c1-4-15-12(2)5-8-16(22-15)18(19)17(24(3)20)11-25-21-10-14(23-25)9-13-6-7-13;2*1-2/h5,8,10,13H,4,6-7,9,11,19-20H2,1-3H3;2*1-2H3/b18-17-;;. The average molecular weight is 402 g/mol. The second kappa shape index (κ2) is 12.2. The number of nitrogens with two attached hydrogens (primary N) is 2. The van der Waals surface area contributed by atoms with E-state index in [4.69, 9.17) is 11.6 Å². The van der Waals surface area contributed by atoms with E-state index in [2.05, 4.69) is 29.0 Å².